The first-order valence-corrected chi connectivity index (χ1v) is 10.5. The SMILES string of the molecule is Cc1cc(C#N)cnc1C(=O)Nc1cc(F)c(F)c([C@@]2(CF)N=C(N)S[C@@]3(C(F)F)CC32)c1. The van der Waals surface area contributed by atoms with E-state index in [4.69, 9.17) is 11.0 Å². The Bertz CT molecular complexity index is 1230. The standard InChI is InChI=1S/C21H16F5N5OS/c1-9-2-10(6-27)7-29-16(9)17(32)30-11-3-12(15(24)13(23)4-11)20(8-22)14-5-21(14,18(25)26)33-19(28)31-20/h2-4,7,14,18H,5,8H2,1H3,(H2,28,31)(H,30,32)/t14?,20-,21+/m1/s1. The molecule has 2 aromatic rings. The van der Waals surface area contributed by atoms with Gasteiger partial charge in [-0.2, -0.15) is 5.26 Å². The molecule has 2 heterocycles. The van der Waals surface area contributed by atoms with E-state index < -0.39 is 52.4 Å². The summed E-state index contributed by atoms with van der Waals surface area (Å²) in [7, 11) is 0. The highest BCUT2D eigenvalue weighted by Crippen LogP contribution is 2.68. The smallest absolute Gasteiger partial charge is 0.274 e. The van der Waals surface area contributed by atoms with Crippen LogP contribution in [0.3, 0.4) is 0 Å². The minimum atomic E-state index is -2.88. The third-order valence-corrected chi connectivity index (χ3v) is 7.19. The molecular weight excluding hydrogens is 465 g/mol. The maximum Gasteiger partial charge on any atom is 0.274 e. The Morgan fingerprint density at radius 2 is 2.12 bits per heavy atom. The molecule has 12 heteroatoms. The summed E-state index contributed by atoms with van der Waals surface area (Å²) in [5.74, 6) is -4.79. The molecule has 0 spiro atoms. The van der Waals surface area contributed by atoms with Gasteiger partial charge in [0.1, 0.15) is 24.0 Å². The van der Waals surface area contributed by atoms with Crippen molar-refractivity contribution in [3.05, 3.63) is 58.4 Å². The van der Waals surface area contributed by atoms with Gasteiger partial charge in [-0.15, -0.1) is 0 Å². The number of anilines is 1. The number of nitriles is 1. The van der Waals surface area contributed by atoms with Crippen molar-refractivity contribution in [3.63, 3.8) is 0 Å². The molecule has 6 nitrogen and oxygen atoms in total. The first-order valence-electron chi connectivity index (χ1n) is 9.64. The van der Waals surface area contributed by atoms with Gasteiger partial charge in [-0.3, -0.25) is 4.79 Å². The van der Waals surface area contributed by atoms with E-state index >= 15 is 0 Å². The van der Waals surface area contributed by atoms with Crippen molar-refractivity contribution in [2.75, 3.05) is 12.0 Å². The third-order valence-electron chi connectivity index (χ3n) is 5.88. The van der Waals surface area contributed by atoms with Crippen LogP contribution in [0.15, 0.2) is 29.4 Å². The van der Waals surface area contributed by atoms with E-state index in [0.717, 1.165) is 6.07 Å². The van der Waals surface area contributed by atoms with Crippen LogP contribution in [0.1, 0.15) is 33.6 Å². The maximum absolute atomic E-state index is 14.8. The molecule has 2 aliphatic rings. The molecule has 1 aliphatic heterocycles. The number of thioether (sulfide) groups is 1. The van der Waals surface area contributed by atoms with E-state index in [1.807, 2.05) is 6.07 Å². The zero-order valence-electron chi connectivity index (χ0n) is 17.0. The van der Waals surface area contributed by atoms with Crippen LogP contribution in [0, 0.1) is 35.8 Å². The number of halogens is 5. The Morgan fingerprint density at radius 1 is 1.39 bits per heavy atom. The Labute approximate surface area is 189 Å². The number of rotatable bonds is 5. The van der Waals surface area contributed by atoms with Gasteiger partial charge >= 0.3 is 0 Å². The van der Waals surface area contributed by atoms with Crippen molar-refractivity contribution in [1.29, 1.82) is 5.26 Å². The monoisotopic (exact) mass is 481 g/mol. The summed E-state index contributed by atoms with van der Waals surface area (Å²) in [5, 5.41) is 10.9. The average molecular weight is 481 g/mol. The molecule has 3 atom stereocenters. The number of hydrogen-bond donors (Lipinski definition) is 2. The first-order chi connectivity index (χ1) is 15.6. The molecule has 0 saturated heterocycles. The minimum absolute atomic E-state index is 0.0734. The fourth-order valence-corrected chi connectivity index (χ4v) is 5.48. The lowest BCUT2D eigenvalue weighted by molar-refractivity contribution is 0.102. The van der Waals surface area contributed by atoms with Crippen LogP contribution in [-0.4, -0.2) is 33.9 Å². The van der Waals surface area contributed by atoms with Gasteiger partial charge in [-0.1, -0.05) is 11.8 Å². The number of aromatic nitrogens is 1. The van der Waals surface area contributed by atoms with Crippen molar-refractivity contribution in [3.8, 4) is 6.07 Å². The molecule has 4 rings (SSSR count). The van der Waals surface area contributed by atoms with Crippen LogP contribution in [-0.2, 0) is 5.54 Å². The van der Waals surface area contributed by atoms with Gasteiger partial charge < -0.3 is 11.1 Å². The summed E-state index contributed by atoms with van der Waals surface area (Å²) < 4.78 is 69.4. The number of nitrogens with zero attached hydrogens (tertiary/aromatic N) is 3. The second kappa shape index (κ2) is 7.98. The molecule has 3 N–H and O–H groups in total. The number of carbonyl (C=O) groups excluding carboxylic acids is 1. The molecule has 1 unspecified atom stereocenters. The summed E-state index contributed by atoms with van der Waals surface area (Å²) >= 11 is 0.604. The highest BCUT2D eigenvalue weighted by molar-refractivity contribution is 8.15. The lowest BCUT2D eigenvalue weighted by Gasteiger charge is -2.35. The molecule has 1 aromatic carbocycles. The van der Waals surface area contributed by atoms with Crippen LogP contribution in [0.2, 0.25) is 0 Å². The summed E-state index contributed by atoms with van der Waals surface area (Å²) in [5.41, 5.74) is 3.18. The normalized spacial score (nSPS) is 25.8. The molecule has 0 radical (unpaired) electrons. The van der Waals surface area contributed by atoms with Crippen LogP contribution >= 0.6 is 11.8 Å². The molecule has 1 aromatic heterocycles. The molecule has 0 bridgehead atoms. The summed E-state index contributed by atoms with van der Waals surface area (Å²) in [6.07, 6.45) is -1.89. The topological polar surface area (TPSA) is 104 Å². The lowest BCUT2D eigenvalue weighted by Crippen LogP contribution is -2.42. The van der Waals surface area contributed by atoms with Crippen molar-refractivity contribution in [2.45, 2.75) is 30.1 Å². The number of hydrogen-bond acceptors (Lipinski definition) is 6. The number of amidine groups is 1. The van der Waals surface area contributed by atoms with E-state index in [9.17, 15) is 26.7 Å². The number of nitrogens with one attached hydrogen (secondary N) is 1. The van der Waals surface area contributed by atoms with E-state index in [-0.39, 0.29) is 28.5 Å². The quantitative estimate of drug-likeness (QED) is 0.628. The van der Waals surface area contributed by atoms with E-state index in [1.165, 1.54) is 19.2 Å². The number of carbonyl (C=O) groups is 1. The molecule has 1 aliphatic carbocycles. The van der Waals surface area contributed by atoms with E-state index in [2.05, 4.69) is 15.3 Å². The van der Waals surface area contributed by atoms with Gasteiger partial charge in [-0.05, 0) is 31.0 Å². The van der Waals surface area contributed by atoms with E-state index in [0.29, 0.717) is 23.4 Å². The number of aryl methyl sites for hydroxylation is 1. The van der Waals surface area contributed by atoms with Gasteiger partial charge in [0.25, 0.3) is 12.3 Å². The summed E-state index contributed by atoms with van der Waals surface area (Å²) in [6.45, 7) is 0.142. The maximum atomic E-state index is 14.8. The van der Waals surface area contributed by atoms with Crippen molar-refractivity contribution in [1.82, 2.24) is 4.98 Å². The van der Waals surface area contributed by atoms with Gasteiger partial charge in [0, 0.05) is 29.4 Å². The van der Waals surface area contributed by atoms with Crippen molar-refractivity contribution in [2.24, 2.45) is 16.6 Å². The Kier molecular flexibility index (Phi) is 5.56. The highest BCUT2D eigenvalue weighted by Gasteiger charge is 2.72. The van der Waals surface area contributed by atoms with Crippen LogP contribution in [0.5, 0.6) is 0 Å². The largest absolute Gasteiger partial charge is 0.378 e. The summed E-state index contributed by atoms with van der Waals surface area (Å²) in [4.78, 5) is 20.5. The number of benzene rings is 1. The Hall–Kier alpha value is -3.20. The van der Waals surface area contributed by atoms with Gasteiger partial charge in [0.2, 0.25) is 0 Å². The molecular formula is C21H16F5N5OS. The highest BCUT2D eigenvalue weighted by atomic mass is 32.2. The molecule has 33 heavy (non-hydrogen) atoms. The fraction of sp³-hybridized carbons (Fsp3) is 0.333. The van der Waals surface area contributed by atoms with Gasteiger partial charge in [0.05, 0.1) is 10.3 Å². The van der Waals surface area contributed by atoms with E-state index in [1.54, 1.807) is 0 Å². The molecule has 1 saturated carbocycles. The Balaban J connectivity index is 1.75. The number of pyridine rings is 1. The predicted octanol–water partition coefficient (Wildman–Crippen LogP) is 4.04. The molecule has 172 valence electrons. The number of fused-ring (bicyclic) bond motifs is 1. The second-order valence-corrected chi connectivity index (χ2v) is 9.28. The van der Waals surface area contributed by atoms with Gasteiger partial charge in [-0.25, -0.2) is 31.9 Å². The molecule has 1 fully saturated rings. The third kappa shape index (κ3) is 3.60. The zero-order chi connectivity index (χ0) is 24.1. The minimum Gasteiger partial charge on any atom is -0.378 e. The Morgan fingerprint density at radius 3 is 2.73 bits per heavy atom. The first kappa shape index (κ1) is 23.0. The number of amides is 1. The van der Waals surface area contributed by atoms with Gasteiger partial charge in [0.15, 0.2) is 16.8 Å². The van der Waals surface area contributed by atoms with Crippen LogP contribution < -0.4 is 11.1 Å². The zero-order valence-corrected chi connectivity index (χ0v) is 17.8. The number of alkyl halides is 3. The molecule has 1 amide bonds. The fourth-order valence-electron chi connectivity index (χ4n) is 4.21. The second-order valence-electron chi connectivity index (χ2n) is 7.90. The predicted molar refractivity (Wildman–Crippen MR) is 112 cm³/mol. The lowest BCUT2D eigenvalue weighted by atomic mass is 9.84. The van der Waals surface area contributed by atoms with Crippen molar-refractivity contribution >= 4 is 28.5 Å². The average Bonchev–Trinajstić information content (AvgIpc) is 3.51. The van der Waals surface area contributed by atoms with Crippen LogP contribution in [0.4, 0.5) is 27.6 Å². The van der Waals surface area contributed by atoms with Crippen LogP contribution in [0.25, 0.3) is 0 Å². The number of aliphatic imine (C=N–C) groups is 1. The number of nitrogens with two attached hydrogens (primary N) is 1. The summed E-state index contributed by atoms with van der Waals surface area (Å²) in [6, 6.07) is 4.95. The van der Waals surface area contributed by atoms with Crippen molar-refractivity contribution < 1.29 is 26.7 Å².